The molecule has 0 spiro atoms. The largest absolute Gasteiger partial charge is 0.384 e. The molecule has 0 fully saturated rings. The fourth-order valence-corrected chi connectivity index (χ4v) is 4.46. The van der Waals surface area contributed by atoms with E-state index in [0.717, 1.165) is 16.8 Å². The van der Waals surface area contributed by atoms with Crippen LogP contribution in [-0.2, 0) is 12.0 Å². The van der Waals surface area contributed by atoms with Crippen LogP contribution in [0.2, 0.25) is 5.02 Å². The van der Waals surface area contributed by atoms with Crippen LogP contribution in [0.25, 0.3) is 16.8 Å². The molecule has 0 bridgehead atoms. The lowest BCUT2D eigenvalue weighted by Gasteiger charge is -2.13. The monoisotopic (exact) mass is 480 g/mol. The fraction of sp³-hybridized carbons (Fsp3) is 0.185. The van der Waals surface area contributed by atoms with E-state index in [2.05, 4.69) is 53.5 Å². The minimum Gasteiger partial charge on any atom is -0.384 e. The van der Waals surface area contributed by atoms with Crippen molar-refractivity contribution in [2.24, 2.45) is 0 Å². The van der Waals surface area contributed by atoms with Gasteiger partial charge in [0.15, 0.2) is 0 Å². The van der Waals surface area contributed by atoms with Gasteiger partial charge in [-0.3, -0.25) is 0 Å². The summed E-state index contributed by atoms with van der Waals surface area (Å²) >= 11 is 5.98. The number of benzene rings is 3. The van der Waals surface area contributed by atoms with E-state index in [1.807, 2.05) is 16.7 Å². The van der Waals surface area contributed by atoms with Crippen LogP contribution < -0.4 is 0 Å². The number of imidazole rings is 1. The zero-order valence-corrected chi connectivity index (χ0v) is 20.4. The first-order chi connectivity index (χ1) is 15.6. The van der Waals surface area contributed by atoms with Crippen LogP contribution >= 0.6 is 22.1 Å². The summed E-state index contributed by atoms with van der Waals surface area (Å²) in [6.07, 6.45) is 4.15. The Hall–Kier alpha value is -2.73. The third-order valence-corrected chi connectivity index (χ3v) is 6.85. The predicted octanol–water partition coefficient (Wildman–Crippen LogP) is 6.84. The molecule has 4 rings (SSSR count). The lowest BCUT2D eigenvalue weighted by atomic mass is 10.1. The first-order valence-electron chi connectivity index (χ1n) is 10.5. The molecule has 1 atom stereocenters. The Labute approximate surface area is 201 Å². The van der Waals surface area contributed by atoms with Gasteiger partial charge in [0.2, 0.25) is 0 Å². The van der Waals surface area contributed by atoms with Crippen molar-refractivity contribution in [3.8, 4) is 16.8 Å². The molecule has 1 aromatic heterocycles. The van der Waals surface area contributed by atoms with Gasteiger partial charge in [0.25, 0.3) is 0 Å². The normalized spacial score (nSPS) is 12.7. The number of aromatic nitrogens is 2. The average molecular weight is 481 g/mol. The van der Waals surface area contributed by atoms with Crippen molar-refractivity contribution >= 4 is 28.0 Å². The minimum absolute atomic E-state index is 0.0554. The molecule has 0 aliphatic heterocycles. The number of hydrogen-bond donors (Lipinski definition) is 1. The minimum atomic E-state index is -1.13. The Morgan fingerprint density at radius 2 is 1.76 bits per heavy atom. The van der Waals surface area contributed by atoms with Gasteiger partial charge in [0.05, 0.1) is 10.7 Å². The van der Waals surface area contributed by atoms with Crippen molar-refractivity contribution in [2.45, 2.75) is 30.8 Å². The molecule has 1 unspecified atom stereocenters. The van der Waals surface area contributed by atoms with E-state index >= 15 is 0 Å². The van der Waals surface area contributed by atoms with Crippen LogP contribution in [0.15, 0.2) is 77.8 Å². The lowest BCUT2D eigenvalue weighted by Crippen LogP contribution is -2.16. The number of aliphatic hydroxyl groups is 1. The highest BCUT2D eigenvalue weighted by atomic mass is 35.5. The summed E-state index contributed by atoms with van der Waals surface area (Å²) in [4.78, 5) is 5.85. The van der Waals surface area contributed by atoms with Gasteiger partial charge >= 0.3 is 0 Å². The molecule has 0 saturated heterocycles. The standard InChI is InChI=1S/C27H26ClFN2OS/c1-27(2,32)24-17-31(25(30-24)16-20-8-6-10-23(28)26(20)29)21-13-11-18(12-14-21)19-7-5-9-22(15-19)33(3)4/h5-15,17,32H,3,16H2,1-2,4H3. The summed E-state index contributed by atoms with van der Waals surface area (Å²) in [6.45, 7) is 3.37. The average Bonchev–Trinajstić information content (AvgIpc) is 3.21. The molecule has 0 saturated carbocycles. The van der Waals surface area contributed by atoms with E-state index in [1.165, 1.54) is 11.0 Å². The van der Waals surface area contributed by atoms with Crippen LogP contribution in [-0.4, -0.2) is 26.8 Å². The highest BCUT2D eigenvalue weighted by Gasteiger charge is 2.23. The van der Waals surface area contributed by atoms with Crippen LogP contribution in [0.3, 0.4) is 0 Å². The molecule has 33 heavy (non-hydrogen) atoms. The van der Waals surface area contributed by atoms with E-state index in [0.29, 0.717) is 17.1 Å². The molecule has 1 N–H and O–H groups in total. The van der Waals surface area contributed by atoms with E-state index in [4.69, 9.17) is 11.6 Å². The molecule has 0 amide bonds. The van der Waals surface area contributed by atoms with Gasteiger partial charge in [-0.15, -0.1) is 0 Å². The SMILES string of the molecule is C=S(C)c1cccc(-c2ccc(-n3cc(C(C)(C)O)nc3Cc3cccc(Cl)c3F)cc2)c1. The maximum atomic E-state index is 14.6. The zero-order chi connectivity index (χ0) is 23.8. The molecule has 3 nitrogen and oxygen atoms in total. The van der Waals surface area contributed by atoms with E-state index in [9.17, 15) is 9.50 Å². The summed E-state index contributed by atoms with van der Waals surface area (Å²) in [5, 5.41) is 10.6. The van der Waals surface area contributed by atoms with Crippen molar-refractivity contribution in [2.75, 3.05) is 6.26 Å². The molecule has 4 aromatic rings. The van der Waals surface area contributed by atoms with Gasteiger partial charge in [-0.1, -0.05) is 53.9 Å². The van der Waals surface area contributed by atoms with Crippen molar-refractivity contribution in [3.63, 3.8) is 0 Å². The predicted molar refractivity (Wildman–Crippen MR) is 137 cm³/mol. The summed E-state index contributed by atoms with van der Waals surface area (Å²) < 4.78 is 16.5. The van der Waals surface area contributed by atoms with Crippen LogP contribution in [0, 0.1) is 5.82 Å². The molecule has 6 heteroatoms. The fourth-order valence-electron chi connectivity index (χ4n) is 3.62. The molecular weight excluding hydrogens is 455 g/mol. The van der Waals surface area contributed by atoms with Gasteiger partial charge in [-0.25, -0.2) is 9.37 Å². The number of hydrogen-bond acceptors (Lipinski definition) is 2. The van der Waals surface area contributed by atoms with Gasteiger partial charge < -0.3 is 9.67 Å². The Morgan fingerprint density at radius 1 is 1.06 bits per heavy atom. The zero-order valence-electron chi connectivity index (χ0n) is 18.8. The quantitative estimate of drug-likeness (QED) is 0.307. The first-order valence-corrected chi connectivity index (χ1v) is 12.7. The van der Waals surface area contributed by atoms with E-state index in [-0.39, 0.29) is 21.9 Å². The van der Waals surface area contributed by atoms with Crippen LogP contribution in [0.4, 0.5) is 4.39 Å². The second-order valence-electron chi connectivity index (χ2n) is 8.57. The molecule has 170 valence electrons. The smallest absolute Gasteiger partial charge is 0.145 e. The third kappa shape index (κ3) is 5.11. The second kappa shape index (κ2) is 9.26. The molecule has 3 aromatic carbocycles. The van der Waals surface area contributed by atoms with Crippen molar-refractivity contribution in [3.05, 3.63) is 101 Å². The number of halogens is 2. The van der Waals surface area contributed by atoms with Crippen molar-refractivity contribution < 1.29 is 9.50 Å². The Morgan fingerprint density at radius 3 is 2.42 bits per heavy atom. The molecule has 0 aliphatic carbocycles. The maximum Gasteiger partial charge on any atom is 0.145 e. The van der Waals surface area contributed by atoms with Gasteiger partial charge in [-0.05, 0) is 67.1 Å². The molecule has 1 heterocycles. The van der Waals surface area contributed by atoms with Gasteiger partial charge in [0, 0.05) is 23.2 Å². The van der Waals surface area contributed by atoms with Crippen LogP contribution in [0.5, 0.6) is 0 Å². The van der Waals surface area contributed by atoms with E-state index in [1.54, 1.807) is 32.2 Å². The van der Waals surface area contributed by atoms with E-state index < -0.39 is 11.4 Å². The van der Waals surface area contributed by atoms with Gasteiger partial charge in [0.1, 0.15) is 17.2 Å². The number of nitrogens with zero attached hydrogens (tertiary/aromatic N) is 2. The second-order valence-corrected chi connectivity index (χ2v) is 10.7. The van der Waals surface area contributed by atoms with Gasteiger partial charge in [-0.2, -0.15) is 10.5 Å². The molecule has 0 aliphatic rings. The van der Waals surface area contributed by atoms with Crippen LogP contribution in [0.1, 0.15) is 30.9 Å². The summed E-state index contributed by atoms with van der Waals surface area (Å²) in [6, 6.07) is 21.5. The van der Waals surface area contributed by atoms with Crippen molar-refractivity contribution in [1.29, 1.82) is 0 Å². The lowest BCUT2D eigenvalue weighted by molar-refractivity contribution is 0.0741. The Bertz CT molecular complexity index is 1320. The topological polar surface area (TPSA) is 38.0 Å². The first kappa shape index (κ1) is 23.4. The summed E-state index contributed by atoms with van der Waals surface area (Å²) in [5.41, 5.74) is 2.94. The summed E-state index contributed by atoms with van der Waals surface area (Å²) in [7, 11) is -0.0554. The molecular formula is C27H26ClFN2OS. The highest BCUT2D eigenvalue weighted by Crippen LogP contribution is 2.29. The van der Waals surface area contributed by atoms with Crippen molar-refractivity contribution in [1.82, 2.24) is 9.55 Å². The highest BCUT2D eigenvalue weighted by molar-refractivity contribution is 8.13. The maximum absolute atomic E-state index is 14.6. The Balaban J connectivity index is 1.73. The summed E-state index contributed by atoms with van der Waals surface area (Å²) in [5.74, 6) is 4.31. The Kier molecular flexibility index (Phi) is 6.57. The molecule has 0 radical (unpaired) electrons. The third-order valence-electron chi connectivity index (χ3n) is 5.50. The number of rotatable bonds is 6.